The van der Waals surface area contributed by atoms with E-state index in [2.05, 4.69) is 4.98 Å². The maximum absolute atomic E-state index is 12.4. The third-order valence-corrected chi connectivity index (χ3v) is 3.13. The Hall–Kier alpha value is -2.68. The molecule has 1 heterocycles. The van der Waals surface area contributed by atoms with Crippen LogP contribution in [0.4, 0.5) is 0 Å². The highest BCUT2D eigenvalue weighted by atomic mass is 16.1. The van der Waals surface area contributed by atoms with Gasteiger partial charge in [-0.2, -0.15) is 0 Å². The van der Waals surface area contributed by atoms with E-state index in [-0.39, 0.29) is 5.78 Å². The number of carbonyl (C=O) groups is 2. The predicted octanol–water partition coefficient (Wildman–Crippen LogP) is 3.21. The van der Waals surface area contributed by atoms with Crippen molar-refractivity contribution in [3.8, 4) is 0 Å². The summed E-state index contributed by atoms with van der Waals surface area (Å²) < 4.78 is 0. The molecule has 0 saturated heterocycles. The topological polar surface area (TPSA) is 49.9 Å². The Morgan fingerprint density at radius 1 is 0.947 bits per heavy atom. The Morgan fingerprint density at radius 3 is 2.37 bits per heavy atom. The van der Waals surface area contributed by atoms with E-state index in [1.54, 1.807) is 24.3 Å². The number of para-hydroxylation sites is 1. The Bertz CT molecular complexity index is 757. The van der Waals surface area contributed by atoms with Crippen LogP contribution in [0.5, 0.6) is 0 Å². The maximum Gasteiger partial charge on any atom is 0.209 e. The number of nitrogens with one attached hydrogen (secondary N) is 1. The number of aromatic nitrogens is 1. The molecule has 3 rings (SSSR count). The van der Waals surface area contributed by atoms with Crippen molar-refractivity contribution in [2.24, 2.45) is 0 Å². The smallest absolute Gasteiger partial charge is 0.209 e. The Labute approximate surface area is 109 Å². The van der Waals surface area contributed by atoms with Gasteiger partial charge in [-0.1, -0.05) is 48.5 Å². The Balaban J connectivity index is 2.20. The van der Waals surface area contributed by atoms with Gasteiger partial charge in [-0.25, -0.2) is 0 Å². The average molecular weight is 249 g/mol. The molecule has 3 nitrogen and oxygen atoms in total. The number of ketones is 1. The molecule has 0 bridgehead atoms. The Morgan fingerprint density at radius 2 is 1.63 bits per heavy atom. The predicted molar refractivity (Wildman–Crippen MR) is 73.6 cm³/mol. The molecular weight excluding hydrogens is 238 g/mol. The monoisotopic (exact) mass is 249 g/mol. The number of aldehydes is 1. The van der Waals surface area contributed by atoms with Crippen molar-refractivity contribution in [2.75, 3.05) is 0 Å². The van der Waals surface area contributed by atoms with Gasteiger partial charge in [-0.3, -0.25) is 9.59 Å². The summed E-state index contributed by atoms with van der Waals surface area (Å²) in [5, 5.41) is 0.775. The number of rotatable bonds is 3. The summed E-state index contributed by atoms with van der Waals surface area (Å²) in [6.07, 6.45) is 0.731. The molecule has 2 aromatic carbocycles. The summed E-state index contributed by atoms with van der Waals surface area (Å²) in [5.74, 6) is -0.168. The highest BCUT2D eigenvalue weighted by molar-refractivity contribution is 6.16. The molecule has 0 atom stereocenters. The van der Waals surface area contributed by atoms with E-state index in [0.717, 1.165) is 17.2 Å². The van der Waals surface area contributed by atoms with E-state index in [4.69, 9.17) is 0 Å². The summed E-state index contributed by atoms with van der Waals surface area (Å²) >= 11 is 0. The molecular formula is C16H11NO2. The quantitative estimate of drug-likeness (QED) is 0.572. The second-order valence-corrected chi connectivity index (χ2v) is 4.27. The molecule has 3 heteroatoms. The maximum atomic E-state index is 12.4. The van der Waals surface area contributed by atoms with Crippen LogP contribution in [0.3, 0.4) is 0 Å². The van der Waals surface area contributed by atoms with Crippen LogP contribution < -0.4 is 0 Å². The normalized spacial score (nSPS) is 10.5. The highest BCUT2D eigenvalue weighted by Gasteiger charge is 2.18. The second-order valence-electron chi connectivity index (χ2n) is 4.27. The average Bonchev–Trinajstić information content (AvgIpc) is 2.85. The first-order valence-electron chi connectivity index (χ1n) is 5.97. The van der Waals surface area contributed by atoms with E-state index >= 15 is 0 Å². The van der Waals surface area contributed by atoms with Crippen molar-refractivity contribution in [1.29, 1.82) is 0 Å². The van der Waals surface area contributed by atoms with Crippen LogP contribution in [0.25, 0.3) is 10.9 Å². The van der Waals surface area contributed by atoms with Gasteiger partial charge in [-0.15, -0.1) is 0 Å². The van der Waals surface area contributed by atoms with Gasteiger partial charge in [0, 0.05) is 16.5 Å². The lowest BCUT2D eigenvalue weighted by Crippen LogP contribution is -2.04. The number of hydrogen-bond donors (Lipinski definition) is 1. The van der Waals surface area contributed by atoms with Crippen LogP contribution in [0, 0.1) is 0 Å². The van der Waals surface area contributed by atoms with E-state index in [9.17, 15) is 9.59 Å². The first-order chi connectivity index (χ1) is 9.31. The zero-order chi connectivity index (χ0) is 13.2. The largest absolute Gasteiger partial charge is 0.351 e. The number of aromatic amines is 1. The molecule has 0 radical (unpaired) electrons. The molecule has 92 valence electrons. The van der Waals surface area contributed by atoms with Crippen LogP contribution in [-0.4, -0.2) is 17.1 Å². The van der Waals surface area contributed by atoms with E-state index in [0.29, 0.717) is 16.8 Å². The molecule has 0 amide bonds. The minimum Gasteiger partial charge on any atom is -0.351 e. The van der Waals surface area contributed by atoms with Gasteiger partial charge in [0.15, 0.2) is 6.29 Å². The lowest BCUT2D eigenvalue weighted by Gasteiger charge is -1.99. The minimum atomic E-state index is -0.168. The van der Waals surface area contributed by atoms with Crippen LogP contribution in [-0.2, 0) is 0 Å². The van der Waals surface area contributed by atoms with Gasteiger partial charge < -0.3 is 4.98 Å². The lowest BCUT2D eigenvalue weighted by atomic mass is 10.0. The van der Waals surface area contributed by atoms with Crippen LogP contribution >= 0.6 is 0 Å². The van der Waals surface area contributed by atoms with Gasteiger partial charge in [-0.05, 0) is 6.07 Å². The van der Waals surface area contributed by atoms with Gasteiger partial charge in [0.25, 0.3) is 0 Å². The molecule has 3 aromatic rings. The van der Waals surface area contributed by atoms with Crippen molar-refractivity contribution >= 4 is 23.0 Å². The van der Waals surface area contributed by atoms with Gasteiger partial charge in [0.05, 0.1) is 11.3 Å². The van der Waals surface area contributed by atoms with Crippen molar-refractivity contribution in [3.05, 3.63) is 71.4 Å². The van der Waals surface area contributed by atoms with E-state index in [1.807, 2.05) is 30.3 Å². The summed E-state index contributed by atoms with van der Waals surface area (Å²) in [4.78, 5) is 26.7. The van der Waals surface area contributed by atoms with E-state index < -0.39 is 0 Å². The van der Waals surface area contributed by atoms with Crippen LogP contribution in [0.15, 0.2) is 54.6 Å². The molecule has 0 unspecified atom stereocenters. The zero-order valence-corrected chi connectivity index (χ0v) is 10.1. The number of fused-ring (bicyclic) bond motifs is 1. The fraction of sp³-hybridized carbons (Fsp3) is 0. The third-order valence-electron chi connectivity index (χ3n) is 3.13. The molecule has 19 heavy (non-hydrogen) atoms. The summed E-state index contributed by atoms with van der Waals surface area (Å²) in [7, 11) is 0. The third kappa shape index (κ3) is 1.85. The molecule has 0 aliphatic heterocycles. The van der Waals surface area contributed by atoms with Gasteiger partial charge >= 0.3 is 0 Å². The van der Waals surface area contributed by atoms with Crippen molar-refractivity contribution in [2.45, 2.75) is 0 Å². The number of benzene rings is 2. The Kier molecular flexibility index (Phi) is 2.72. The summed E-state index contributed by atoms with van der Waals surface area (Å²) in [5.41, 5.74) is 2.13. The van der Waals surface area contributed by atoms with E-state index in [1.165, 1.54) is 0 Å². The van der Waals surface area contributed by atoms with Crippen molar-refractivity contribution in [3.63, 3.8) is 0 Å². The highest BCUT2D eigenvalue weighted by Crippen LogP contribution is 2.22. The number of hydrogen-bond acceptors (Lipinski definition) is 2. The van der Waals surface area contributed by atoms with Crippen molar-refractivity contribution in [1.82, 2.24) is 4.98 Å². The molecule has 0 saturated carbocycles. The molecule has 0 fully saturated rings. The molecule has 0 aliphatic rings. The fourth-order valence-electron chi connectivity index (χ4n) is 2.20. The minimum absolute atomic E-state index is 0.168. The van der Waals surface area contributed by atoms with Crippen molar-refractivity contribution < 1.29 is 9.59 Å². The first-order valence-corrected chi connectivity index (χ1v) is 5.97. The number of H-pyrrole nitrogens is 1. The van der Waals surface area contributed by atoms with Gasteiger partial charge in [0.1, 0.15) is 0 Å². The first kappa shape index (κ1) is 11.4. The summed E-state index contributed by atoms with van der Waals surface area (Å²) in [6, 6.07) is 16.3. The lowest BCUT2D eigenvalue weighted by molar-refractivity contribution is 0.102. The zero-order valence-electron chi connectivity index (χ0n) is 10.1. The molecule has 1 N–H and O–H groups in total. The summed E-state index contributed by atoms with van der Waals surface area (Å²) in [6.45, 7) is 0. The van der Waals surface area contributed by atoms with Crippen LogP contribution in [0.2, 0.25) is 0 Å². The molecule has 1 aromatic heterocycles. The SMILES string of the molecule is O=Cc1c(C(=O)c2ccccc2)[nH]c2ccccc12. The van der Waals surface area contributed by atoms with Crippen LogP contribution in [0.1, 0.15) is 26.4 Å². The number of carbonyl (C=O) groups excluding carboxylic acids is 2. The standard InChI is InChI=1S/C16H11NO2/c18-10-13-12-8-4-5-9-14(12)17-15(13)16(19)11-6-2-1-3-7-11/h1-10,17H. The molecule has 0 aliphatic carbocycles. The fourth-order valence-corrected chi connectivity index (χ4v) is 2.20. The van der Waals surface area contributed by atoms with Gasteiger partial charge in [0.2, 0.25) is 5.78 Å². The second kappa shape index (κ2) is 4.53. The molecule has 0 spiro atoms.